The van der Waals surface area contributed by atoms with Crippen molar-refractivity contribution in [2.45, 2.75) is 26.2 Å². The molecule has 3 aromatic carbocycles. The van der Waals surface area contributed by atoms with Gasteiger partial charge in [-0.2, -0.15) is 0 Å². The Morgan fingerprint density at radius 3 is 2.30 bits per heavy atom. The van der Waals surface area contributed by atoms with E-state index in [1.54, 1.807) is 14.0 Å². The first-order valence-corrected chi connectivity index (χ1v) is 9.85. The van der Waals surface area contributed by atoms with Crippen LogP contribution in [0.4, 0.5) is 0 Å². The molecule has 3 aromatic rings. The predicted molar refractivity (Wildman–Crippen MR) is 123 cm³/mol. The van der Waals surface area contributed by atoms with Gasteiger partial charge in [0.1, 0.15) is 12.0 Å². The summed E-state index contributed by atoms with van der Waals surface area (Å²) in [7, 11) is 1.65. The van der Waals surface area contributed by atoms with E-state index in [-0.39, 0.29) is 6.61 Å². The smallest absolute Gasteiger partial charge is 0.146 e. The molecule has 160 valence electrons. The number of aliphatic hydroxyl groups is 1. The van der Waals surface area contributed by atoms with Gasteiger partial charge in [-0.3, -0.25) is 4.79 Å². The van der Waals surface area contributed by atoms with Gasteiger partial charge in [0.15, 0.2) is 0 Å². The summed E-state index contributed by atoms with van der Waals surface area (Å²) < 4.78 is 5.34. The first kappa shape index (κ1) is 25.0. The minimum absolute atomic E-state index is 0.250. The Morgan fingerprint density at radius 1 is 1.00 bits per heavy atom. The summed E-state index contributed by atoms with van der Waals surface area (Å²) in [4.78, 5) is 11.4. The van der Waals surface area contributed by atoms with E-state index in [0.717, 1.165) is 42.4 Å². The van der Waals surface area contributed by atoms with E-state index < -0.39 is 0 Å². The Hall–Kier alpha value is -2.99. The van der Waals surface area contributed by atoms with Crippen LogP contribution in [0.3, 0.4) is 0 Å². The van der Waals surface area contributed by atoms with E-state index in [1.165, 1.54) is 16.3 Å². The number of aryl methyl sites for hydroxylation is 1. The molecular weight excluding hydrogens is 378 g/mol. The molecule has 0 radical (unpaired) electrons. The Balaban J connectivity index is 0.000000826. The molecular formula is C25H31NO4. The number of rotatable bonds is 7. The van der Waals surface area contributed by atoms with E-state index in [9.17, 15) is 4.79 Å². The molecule has 30 heavy (non-hydrogen) atoms. The van der Waals surface area contributed by atoms with Crippen molar-refractivity contribution in [2.75, 3.05) is 13.7 Å². The van der Waals surface area contributed by atoms with Gasteiger partial charge in [0.05, 0.1) is 7.11 Å². The molecule has 5 heteroatoms. The molecule has 5 nitrogen and oxygen atoms in total. The van der Waals surface area contributed by atoms with Crippen molar-refractivity contribution >= 4 is 23.1 Å². The summed E-state index contributed by atoms with van der Waals surface area (Å²) >= 11 is 0. The third-order valence-corrected chi connectivity index (χ3v) is 4.38. The molecule has 0 fully saturated rings. The molecule has 0 aliphatic heterocycles. The molecule has 3 rings (SSSR count). The number of aliphatic hydroxyl groups excluding tert-OH is 1. The summed E-state index contributed by atoms with van der Waals surface area (Å²) in [6, 6.07) is 22.7. The molecule has 0 heterocycles. The number of aldehydes is 1. The fourth-order valence-corrected chi connectivity index (χ4v) is 3.04. The average Bonchev–Trinajstić information content (AvgIpc) is 2.80. The highest BCUT2D eigenvalue weighted by Crippen LogP contribution is 2.22. The van der Waals surface area contributed by atoms with Gasteiger partial charge in [-0.1, -0.05) is 60.7 Å². The number of methoxy groups -OCH3 is 1. The minimum atomic E-state index is 0.250. The number of ether oxygens (including phenoxy) is 1. The Bertz CT molecular complexity index is 922. The standard InChI is InChI=1S/C23H22O2.C2H6O.H3NO/c1-25-23-12-5-4-11-22(23)16-19(17-24)8-6-7-18-13-14-20-9-2-3-10-21(20)15-18;1-2-3;1-2/h2-5,9-17H,6-8H2,1H3;3H,2H2,1H3;2H,1H2/b19-16-;;. The van der Waals surface area contributed by atoms with Gasteiger partial charge in [-0.25, -0.2) is 5.90 Å². The monoisotopic (exact) mass is 409 g/mol. The van der Waals surface area contributed by atoms with Crippen LogP contribution < -0.4 is 10.6 Å². The second-order valence-corrected chi connectivity index (χ2v) is 6.43. The molecule has 0 aliphatic carbocycles. The lowest BCUT2D eigenvalue weighted by Crippen LogP contribution is -1.92. The summed E-state index contributed by atoms with van der Waals surface area (Å²) in [6.45, 7) is 1.93. The van der Waals surface area contributed by atoms with Gasteiger partial charge in [-0.15, -0.1) is 0 Å². The lowest BCUT2D eigenvalue weighted by molar-refractivity contribution is -0.105. The van der Waals surface area contributed by atoms with Gasteiger partial charge in [0, 0.05) is 12.2 Å². The van der Waals surface area contributed by atoms with E-state index in [4.69, 9.17) is 15.1 Å². The molecule has 4 N–H and O–H groups in total. The number of para-hydroxylation sites is 1. The number of carbonyl (C=O) groups is 1. The minimum Gasteiger partial charge on any atom is -0.496 e. The van der Waals surface area contributed by atoms with Crippen molar-refractivity contribution in [3.8, 4) is 5.75 Å². The Kier molecular flexibility index (Phi) is 12.5. The second kappa shape index (κ2) is 14.9. The normalized spacial score (nSPS) is 10.4. The van der Waals surface area contributed by atoms with Crippen molar-refractivity contribution in [1.82, 2.24) is 0 Å². The maximum Gasteiger partial charge on any atom is 0.146 e. The van der Waals surface area contributed by atoms with Crippen LogP contribution in [-0.4, -0.2) is 30.3 Å². The third kappa shape index (κ3) is 8.17. The van der Waals surface area contributed by atoms with Crippen LogP contribution in [0, 0.1) is 0 Å². The maximum absolute atomic E-state index is 11.4. The van der Waals surface area contributed by atoms with Gasteiger partial charge >= 0.3 is 0 Å². The summed E-state index contributed by atoms with van der Waals surface area (Å²) in [5, 5.41) is 16.6. The molecule has 0 aliphatic rings. The summed E-state index contributed by atoms with van der Waals surface area (Å²) in [5.41, 5.74) is 3.05. The first-order chi connectivity index (χ1) is 14.7. The topological polar surface area (TPSA) is 92.8 Å². The van der Waals surface area contributed by atoms with Crippen LogP contribution in [0.2, 0.25) is 0 Å². The zero-order valence-corrected chi connectivity index (χ0v) is 17.6. The number of hydrogen-bond donors (Lipinski definition) is 3. The molecule has 0 spiro atoms. The highest BCUT2D eigenvalue weighted by molar-refractivity contribution is 5.83. The second-order valence-electron chi connectivity index (χ2n) is 6.43. The van der Waals surface area contributed by atoms with Crippen LogP contribution in [0.25, 0.3) is 16.8 Å². The zero-order chi connectivity index (χ0) is 22.2. The van der Waals surface area contributed by atoms with Crippen LogP contribution >= 0.6 is 0 Å². The Labute approximate surface area is 178 Å². The Morgan fingerprint density at radius 2 is 1.63 bits per heavy atom. The predicted octanol–water partition coefficient (Wildman–Crippen LogP) is 4.79. The first-order valence-electron chi connectivity index (χ1n) is 9.85. The highest BCUT2D eigenvalue weighted by atomic mass is 16.5. The van der Waals surface area contributed by atoms with Crippen molar-refractivity contribution in [1.29, 1.82) is 0 Å². The third-order valence-electron chi connectivity index (χ3n) is 4.38. The lowest BCUT2D eigenvalue weighted by atomic mass is 10.0. The zero-order valence-electron chi connectivity index (χ0n) is 17.6. The molecule has 0 atom stereocenters. The van der Waals surface area contributed by atoms with Gasteiger partial charge in [0.25, 0.3) is 0 Å². The van der Waals surface area contributed by atoms with Crippen LogP contribution in [0.5, 0.6) is 5.75 Å². The molecule has 0 bridgehead atoms. The van der Waals surface area contributed by atoms with Crippen LogP contribution in [0.15, 0.2) is 72.3 Å². The maximum atomic E-state index is 11.4. The lowest BCUT2D eigenvalue weighted by Gasteiger charge is -2.06. The van der Waals surface area contributed by atoms with E-state index >= 15 is 0 Å². The number of fused-ring (bicyclic) bond motifs is 1. The van der Waals surface area contributed by atoms with Gasteiger partial charge in [-0.05, 0) is 60.2 Å². The molecule has 0 saturated heterocycles. The molecule has 0 unspecified atom stereocenters. The van der Waals surface area contributed by atoms with E-state index in [1.807, 2.05) is 30.3 Å². The largest absolute Gasteiger partial charge is 0.496 e. The fourth-order valence-electron chi connectivity index (χ4n) is 3.04. The van der Waals surface area contributed by atoms with Crippen molar-refractivity contribution in [3.05, 3.63) is 83.4 Å². The summed E-state index contributed by atoms with van der Waals surface area (Å²) in [6.07, 6.45) is 5.54. The number of allylic oxidation sites excluding steroid dienone is 1. The highest BCUT2D eigenvalue weighted by Gasteiger charge is 2.03. The molecule has 0 saturated carbocycles. The van der Waals surface area contributed by atoms with Crippen molar-refractivity contribution in [2.24, 2.45) is 5.90 Å². The van der Waals surface area contributed by atoms with E-state index in [0.29, 0.717) is 0 Å². The summed E-state index contributed by atoms with van der Waals surface area (Å²) in [5.74, 6) is 4.29. The van der Waals surface area contributed by atoms with Crippen molar-refractivity contribution < 1.29 is 19.8 Å². The number of hydrogen-bond acceptors (Lipinski definition) is 5. The van der Waals surface area contributed by atoms with E-state index in [2.05, 4.69) is 48.4 Å². The van der Waals surface area contributed by atoms with Gasteiger partial charge in [0.2, 0.25) is 0 Å². The van der Waals surface area contributed by atoms with Crippen molar-refractivity contribution in [3.63, 3.8) is 0 Å². The SMILES string of the molecule is CCO.COc1ccccc1/C=C(\C=O)CCCc1ccc2ccccc2c1.NO. The number of benzene rings is 3. The number of carbonyl (C=O) groups excluding carboxylic acids is 1. The van der Waals surface area contributed by atoms with Crippen LogP contribution in [0.1, 0.15) is 30.9 Å². The van der Waals surface area contributed by atoms with Gasteiger partial charge < -0.3 is 15.1 Å². The molecule has 0 aromatic heterocycles. The number of nitrogens with two attached hydrogens (primary N) is 1. The van der Waals surface area contributed by atoms with Crippen LogP contribution in [-0.2, 0) is 11.2 Å². The quantitative estimate of drug-likeness (QED) is 0.296. The average molecular weight is 410 g/mol. The molecule has 0 amide bonds. The fraction of sp³-hybridized carbons (Fsp3) is 0.240.